The average molecular weight is 460 g/mol. The van der Waals surface area contributed by atoms with Crippen LogP contribution < -0.4 is 10.6 Å². The molecule has 1 aliphatic heterocycles. The standard InChI is InChI=1S/C25H19ClFN5O/c26-19-10-6-17(7-11-19)21-15-22(18-8-12-20(27)13-9-18)32-25(28-21)30-24(31-32)29-23(33)14-16-4-2-1-3-5-16/h1-13,15,22H,14H2,(H2,28,29,30,31,33)/t22-/m1/s1. The molecule has 6 nitrogen and oxygen atoms in total. The molecule has 1 aliphatic rings. The van der Waals surface area contributed by atoms with Crippen molar-refractivity contribution < 1.29 is 9.18 Å². The van der Waals surface area contributed by atoms with Gasteiger partial charge in [-0.3, -0.25) is 10.1 Å². The molecular weight excluding hydrogens is 441 g/mol. The topological polar surface area (TPSA) is 71.8 Å². The van der Waals surface area contributed by atoms with E-state index in [9.17, 15) is 9.18 Å². The van der Waals surface area contributed by atoms with E-state index in [2.05, 4.69) is 20.7 Å². The van der Waals surface area contributed by atoms with Crippen molar-refractivity contribution in [3.8, 4) is 0 Å². The SMILES string of the molecule is O=C(Cc1ccccc1)Nc1nc2n(n1)[C@@H](c1ccc(F)cc1)C=C(c1ccc(Cl)cc1)N2. The van der Waals surface area contributed by atoms with Crippen LogP contribution in [-0.2, 0) is 11.2 Å². The van der Waals surface area contributed by atoms with E-state index in [0.717, 1.165) is 22.4 Å². The summed E-state index contributed by atoms with van der Waals surface area (Å²) in [5.74, 6) is 0.124. The lowest BCUT2D eigenvalue weighted by Gasteiger charge is -2.24. The highest BCUT2D eigenvalue weighted by Gasteiger charge is 2.26. The summed E-state index contributed by atoms with van der Waals surface area (Å²) in [6.07, 6.45) is 2.20. The number of hydrogen-bond donors (Lipinski definition) is 2. The van der Waals surface area contributed by atoms with Crippen LogP contribution in [0, 0.1) is 5.82 Å². The lowest BCUT2D eigenvalue weighted by Crippen LogP contribution is -2.20. The smallest absolute Gasteiger partial charge is 0.250 e. The van der Waals surface area contributed by atoms with Crippen molar-refractivity contribution in [1.82, 2.24) is 14.8 Å². The number of nitrogens with one attached hydrogen (secondary N) is 2. The van der Waals surface area contributed by atoms with Gasteiger partial charge in [0.15, 0.2) is 0 Å². The number of aromatic nitrogens is 3. The first-order valence-corrected chi connectivity index (χ1v) is 10.7. The number of rotatable bonds is 5. The highest BCUT2D eigenvalue weighted by molar-refractivity contribution is 6.30. The Morgan fingerprint density at radius 1 is 1.03 bits per heavy atom. The number of carbonyl (C=O) groups is 1. The fourth-order valence-electron chi connectivity index (χ4n) is 3.69. The van der Waals surface area contributed by atoms with Crippen LogP contribution in [-0.4, -0.2) is 20.7 Å². The Morgan fingerprint density at radius 3 is 2.48 bits per heavy atom. The van der Waals surface area contributed by atoms with Gasteiger partial charge in [0, 0.05) is 10.7 Å². The highest BCUT2D eigenvalue weighted by Crippen LogP contribution is 2.33. The quantitative estimate of drug-likeness (QED) is 0.424. The van der Waals surface area contributed by atoms with Crippen molar-refractivity contribution in [2.75, 3.05) is 10.6 Å². The molecule has 2 heterocycles. The lowest BCUT2D eigenvalue weighted by molar-refractivity contribution is -0.115. The minimum absolute atomic E-state index is 0.191. The third kappa shape index (κ3) is 4.63. The van der Waals surface area contributed by atoms with E-state index < -0.39 is 0 Å². The van der Waals surface area contributed by atoms with Crippen molar-refractivity contribution in [3.63, 3.8) is 0 Å². The molecule has 0 spiro atoms. The zero-order valence-electron chi connectivity index (χ0n) is 17.4. The van der Waals surface area contributed by atoms with E-state index in [0.29, 0.717) is 11.0 Å². The van der Waals surface area contributed by atoms with Gasteiger partial charge in [0.05, 0.1) is 6.42 Å². The molecule has 1 aromatic heterocycles. The molecule has 33 heavy (non-hydrogen) atoms. The van der Waals surface area contributed by atoms with E-state index in [1.807, 2.05) is 48.5 Å². The molecule has 3 aromatic carbocycles. The van der Waals surface area contributed by atoms with Gasteiger partial charge in [0.2, 0.25) is 11.9 Å². The molecule has 2 N–H and O–H groups in total. The second-order valence-electron chi connectivity index (χ2n) is 7.62. The number of carbonyl (C=O) groups excluding carboxylic acids is 1. The van der Waals surface area contributed by atoms with Gasteiger partial charge in [0.1, 0.15) is 11.9 Å². The Bertz CT molecular complexity index is 1320. The molecule has 0 aliphatic carbocycles. The minimum Gasteiger partial charge on any atom is -0.324 e. The Morgan fingerprint density at radius 2 is 1.76 bits per heavy atom. The molecular formula is C25H19ClFN5O. The van der Waals surface area contributed by atoms with Crippen LogP contribution in [0.5, 0.6) is 0 Å². The maximum Gasteiger partial charge on any atom is 0.250 e. The zero-order chi connectivity index (χ0) is 22.8. The molecule has 0 saturated heterocycles. The summed E-state index contributed by atoms with van der Waals surface area (Å²) in [6.45, 7) is 0. The first-order chi connectivity index (χ1) is 16.0. The van der Waals surface area contributed by atoms with Crippen LogP contribution >= 0.6 is 11.6 Å². The second kappa shape index (κ2) is 8.88. The summed E-state index contributed by atoms with van der Waals surface area (Å²) in [5, 5.41) is 11.2. The van der Waals surface area contributed by atoms with Crippen LogP contribution in [0.3, 0.4) is 0 Å². The third-order valence-electron chi connectivity index (χ3n) is 5.29. The van der Waals surface area contributed by atoms with E-state index >= 15 is 0 Å². The van der Waals surface area contributed by atoms with Crippen LogP contribution in [0.25, 0.3) is 5.70 Å². The van der Waals surface area contributed by atoms with Gasteiger partial charge in [0.25, 0.3) is 5.95 Å². The second-order valence-corrected chi connectivity index (χ2v) is 8.06. The number of allylic oxidation sites excluding steroid dienone is 1. The first kappa shape index (κ1) is 20.9. The molecule has 164 valence electrons. The number of fused-ring (bicyclic) bond motifs is 1. The van der Waals surface area contributed by atoms with Crippen LogP contribution in [0.15, 0.2) is 84.9 Å². The summed E-state index contributed by atoms with van der Waals surface area (Å²) in [7, 11) is 0. The molecule has 0 radical (unpaired) electrons. The number of benzene rings is 3. The fourth-order valence-corrected chi connectivity index (χ4v) is 3.82. The Kier molecular flexibility index (Phi) is 5.62. The summed E-state index contributed by atoms with van der Waals surface area (Å²) < 4.78 is 15.2. The minimum atomic E-state index is -0.347. The number of nitrogens with zero attached hydrogens (tertiary/aromatic N) is 3. The van der Waals surface area contributed by atoms with E-state index in [-0.39, 0.29) is 30.1 Å². The van der Waals surface area contributed by atoms with Gasteiger partial charge < -0.3 is 5.32 Å². The summed E-state index contributed by atoms with van der Waals surface area (Å²) in [6, 6.07) is 22.8. The molecule has 0 fully saturated rings. The maximum atomic E-state index is 13.5. The summed E-state index contributed by atoms with van der Waals surface area (Å²) in [4.78, 5) is 17.0. The van der Waals surface area contributed by atoms with Gasteiger partial charge in [-0.2, -0.15) is 4.98 Å². The molecule has 8 heteroatoms. The number of anilines is 2. The van der Waals surface area contributed by atoms with Crippen molar-refractivity contribution in [1.29, 1.82) is 0 Å². The Balaban J connectivity index is 1.46. The highest BCUT2D eigenvalue weighted by atomic mass is 35.5. The van der Waals surface area contributed by atoms with Gasteiger partial charge >= 0.3 is 0 Å². The van der Waals surface area contributed by atoms with E-state index in [1.165, 1.54) is 12.1 Å². The number of halogens is 2. The molecule has 0 saturated carbocycles. The Labute approximate surface area is 194 Å². The van der Waals surface area contributed by atoms with E-state index in [1.54, 1.807) is 28.9 Å². The summed E-state index contributed by atoms with van der Waals surface area (Å²) in [5.41, 5.74) is 3.45. The van der Waals surface area contributed by atoms with Crippen molar-refractivity contribution in [2.45, 2.75) is 12.5 Å². The molecule has 1 amide bonds. The molecule has 0 bridgehead atoms. The van der Waals surface area contributed by atoms with Crippen molar-refractivity contribution >= 4 is 35.1 Å². The van der Waals surface area contributed by atoms with Crippen molar-refractivity contribution in [2.24, 2.45) is 0 Å². The Hall–Kier alpha value is -3.97. The van der Waals surface area contributed by atoms with E-state index in [4.69, 9.17) is 11.6 Å². The molecule has 5 rings (SSSR count). The normalized spacial score (nSPS) is 14.7. The number of hydrogen-bond acceptors (Lipinski definition) is 4. The van der Waals surface area contributed by atoms with Crippen LogP contribution in [0.1, 0.15) is 22.7 Å². The van der Waals surface area contributed by atoms with Crippen LogP contribution in [0.2, 0.25) is 5.02 Å². The largest absolute Gasteiger partial charge is 0.324 e. The molecule has 1 atom stereocenters. The molecule has 0 unspecified atom stereocenters. The zero-order valence-corrected chi connectivity index (χ0v) is 18.1. The predicted octanol–water partition coefficient (Wildman–Crippen LogP) is 5.31. The summed E-state index contributed by atoms with van der Waals surface area (Å²) >= 11 is 6.04. The number of amides is 1. The van der Waals surface area contributed by atoms with Gasteiger partial charge in [-0.15, -0.1) is 5.10 Å². The predicted molar refractivity (Wildman–Crippen MR) is 126 cm³/mol. The maximum absolute atomic E-state index is 13.5. The third-order valence-corrected chi connectivity index (χ3v) is 5.54. The van der Waals surface area contributed by atoms with Gasteiger partial charge in [-0.05, 0) is 47.0 Å². The molecule has 4 aromatic rings. The van der Waals surface area contributed by atoms with Crippen LogP contribution in [0.4, 0.5) is 16.3 Å². The lowest BCUT2D eigenvalue weighted by atomic mass is 10.0. The fraction of sp³-hybridized carbons (Fsp3) is 0.0800. The monoisotopic (exact) mass is 459 g/mol. The average Bonchev–Trinajstić information content (AvgIpc) is 3.22. The van der Waals surface area contributed by atoms with Gasteiger partial charge in [-0.25, -0.2) is 9.07 Å². The first-order valence-electron chi connectivity index (χ1n) is 10.4. The van der Waals surface area contributed by atoms with Gasteiger partial charge in [-0.1, -0.05) is 66.2 Å². The van der Waals surface area contributed by atoms with Crippen molar-refractivity contribution in [3.05, 3.63) is 112 Å².